The maximum atomic E-state index is 12.2. The molecule has 0 spiro atoms. The fourth-order valence-electron chi connectivity index (χ4n) is 3.40. The molecular weight excluding hydrogens is 332 g/mol. The van der Waals surface area contributed by atoms with Crippen LogP contribution in [0.15, 0.2) is 35.7 Å². The maximum Gasteiger partial charge on any atom is 0.252 e. The van der Waals surface area contributed by atoms with Crippen LogP contribution in [-0.4, -0.2) is 42.8 Å². The molecule has 2 heterocycles. The summed E-state index contributed by atoms with van der Waals surface area (Å²) >= 11 is 1.32. The average Bonchev–Trinajstić information content (AvgIpc) is 3.25. The topological polar surface area (TPSA) is 49.4 Å². The molecule has 1 saturated heterocycles. The Hall–Kier alpha value is -1.98. The van der Waals surface area contributed by atoms with Gasteiger partial charge in [-0.3, -0.25) is 9.59 Å². The van der Waals surface area contributed by atoms with Crippen molar-refractivity contribution < 1.29 is 9.59 Å². The van der Waals surface area contributed by atoms with Gasteiger partial charge in [0.15, 0.2) is 5.78 Å². The lowest BCUT2D eigenvalue weighted by atomic mass is 9.94. The molecule has 1 atom stereocenters. The van der Waals surface area contributed by atoms with Crippen LogP contribution in [0.5, 0.6) is 0 Å². The molecule has 132 valence electrons. The summed E-state index contributed by atoms with van der Waals surface area (Å²) in [6.45, 7) is 7.30. The molecule has 0 aliphatic carbocycles. The Morgan fingerprint density at radius 3 is 2.84 bits per heavy atom. The first kappa shape index (κ1) is 17.8. The van der Waals surface area contributed by atoms with E-state index in [2.05, 4.69) is 41.4 Å². The number of aryl methyl sites for hydroxylation is 1. The maximum absolute atomic E-state index is 12.2. The van der Waals surface area contributed by atoms with Crippen molar-refractivity contribution in [2.45, 2.75) is 26.2 Å². The lowest BCUT2D eigenvalue weighted by Crippen LogP contribution is -2.33. The van der Waals surface area contributed by atoms with Gasteiger partial charge in [-0.1, -0.05) is 24.3 Å². The van der Waals surface area contributed by atoms with Crippen molar-refractivity contribution in [1.82, 2.24) is 10.2 Å². The monoisotopic (exact) mass is 356 g/mol. The summed E-state index contributed by atoms with van der Waals surface area (Å²) in [5.74, 6) is 0.494. The molecule has 3 rings (SSSR count). The third-order valence-corrected chi connectivity index (χ3v) is 5.85. The summed E-state index contributed by atoms with van der Waals surface area (Å²) in [6.07, 6.45) is 1.17. The third kappa shape index (κ3) is 4.35. The number of hydrogen-bond donors (Lipinski definition) is 1. The van der Waals surface area contributed by atoms with Crippen LogP contribution in [0.4, 0.5) is 0 Å². The number of carbonyl (C=O) groups excluding carboxylic acids is 2. The highest BCUT2D eigenvalue weighted by Crippen LogP contribution is 2.28. The lowest BCUT2D eigenvalue weighted by Gasteiger charge is -2.17. The average molecular weight is 356 g/mol. The number of likely N-dealkylation sites (tertiary alicyclic amines) is 1. The molecule has 1 aromatic carbocycles. The van der Waals surface area contributed by atoms with Crippen molar-refractivity contribution in [2.24, 2.45) is 0 Å². The van der Waals surface area contributed by atoms with Gasteiger partial charge in [0.2, 0.25) is 0 Å². The highest BCUT2D eigenvalue weighted by atomic mass is 32.1. The van der Waals surface area contributed by atoms with Crippen LogP contribution in [0.2, 0.25) is 0 Å². The van der Waals surface area contributed by atoms with Crippen molar-refractivity contribution in [3.8, 4) is 0 Å². The number of rotatable bonds is 6. The van der Waals surface area contributed by atoms with Gasteiger partial charge in [0.1, 0.15) is 0 Å². The molecular formula is C20H24N2O2S. The van der Waals surface area contributed by atoms with E-state index in [9.17, 15) is 9.59 Å². The number of ketones is 1. The van der Waals surface area contributed by atoms with E-state index in [0.717, 1.165) is 19.6 Å². The predicted octanol–water partition coefficient (Wildman–Crippen LogP) is 3.48. The van der Waals surface area contributed by atoms with Crippen molar-refractivity contribution in [2.75, 3.05) is 26.2 Å². The van der Waals surface area contributed by atoms with E-state index in [1.807, 2.05) is 0 Å². The lowest BCUT2D eigenvalue weighted by molar-refractivity contribution is 0.0950. The summed E-state index contributed by atoms with van der Waals surface area (Å²) in [5, 5.41) is 4.71. The van der Waals surface area contributed by atoms with E-state index in [0.29, 0.717) is 22.9 Å². The summed E-state index contributed by atoms with van der Waals surface area (Å²) in [4.78, 5) is 26.5. The fraction of sp³-hybridized carbons (Fsp3) is 0.400. The summed E-state index contributed by atoms with van der Waals surface area (Å²) in [7, 11) is 0. The second-order valence-corrected chi connectivity index (χ2v) is 7.57. The number of Topliss-reactive ketones (excluding diaryl/α,β-unsaturated/α-hetero) is 1. The first-order valence-corrected chi connectivity index (χ1v) is 9.58. The SMILES string of the molecule is CC(=O)c1cc(C(=O)NCCN2CC[C@@H](c3ccccc3C)C2)cs1. The van der Waals surface area contributed by atoms with Crippen LogP contribution in [0.1, 0.15) is 50.4 Å². The van der Waals surface area contributed by atoms with Crippen LogP contribution >= 0.6 is 11.3 Å². The zero-order chi connectivity index (χ0) is 17.8. The molecule has 1 amide bonds. The van der Waals surface area contributed by atoms with E-state index in [-0.39, 0.29) is 11.7 Å². The number of nitrogens with zero attached hydrogens (tertiary/aromatic N) is 1. The van der Waals surface area contributed by atoms with Gasteiger partial charge in [-0.15, -0.1) is 11.3 Å². The Kier molecular flexibility index (Phi) is 5.66. The Labute approximate surface area is 152 Å². The van der Waals surface area contributed by atoms with E-state index >= 15 is 0 Å². The molecule has 1 N–H and O–H groups in total. The molecule has 1 aromatic heterocycles. The van der Waals surface area contributed by atoms with Gasteiger partial charge < -0.3 is 10.2 Å². The van der Waals surface area contributed by atoms with Gasteiger partial charge >= 0.3 is 0 Å². The minimum absolute atomic E-state index is 0.00311. The summed E-state index contributed by atoms with van der Waals surface area (Å²) < 4.78 is 0. The van der Waals surface area contributed by atoms with E-state index in [1.165, 1.54) is 35.8 Å². The van der Waals surface area contributed by atoms with Crippen LogP contribution in [0.3, 0.4) is 0 Å². The third-order valence-electron chi connectivity index (χ3n) is 4.82. The van der Waals surface area contributed by atoms with Gasteiger partial charge in [0, 0.05) is 25.0 Å². The number of amides is 1. The fourth-order valence-corrected chi connectivity index (χ4v) is 4.19. The Morgan fingerprint density at radius 2 is 2.12 bits per heavy atom. The minimum atomic E-state index is -0.0987. The first-order valence-electron chi connectivity index (χ1n) is 8.70. The van der Waals surface area contributed by atoms with E-state index in [1.54, 1.807) is 11.4 Å². The molecule has 0 saturated carbocycles. The van der Waals surface area contributed by atoms with Crippen molar-refractivity contribution >= 4 is 23.0 Å². The quantitative estimate of drug-likeness (QED) is 0.806. The Balaban J connectivity index is 1.46. The van der Waals surface area contributed by atoms with Crippen LogP contribution < -0.4 is 5.32 Å². The predicted molar refractivity (Wildman–Crippen MR) is 102 cm³/mol. The molecule has 0 bridgehead atoms. The smallest absolute Gasteiger partial charge is 0.252 e. The zero-order valence-corrected chi connectivity index (χ0v) is 15.6. The Bertz CT molecular complexity index is 769. The van der Waals surface area contributed by atoms with Crippen LogP contribution in [0.25, 0.3) is 0 Å². The van der Waals surface area contributed by atoms with Gasteiger partial charge in [-0.25, -0.2) is 0 Å². The second kappa shape index (κ2) is 7.93. The standard InChI is InChI=1S/C20H24N2O2S/c1-14-5-3-4-6-18(14)16-7-9-22(12-16)10-8-21-20(24)17-11-19(15(2)23)25-13-17/h3-6,11,13,16H,7-10,12H2,1-2H3,(H,21,24)/t16-/m1/s1. The Morgan fingerprint density at radius 1 is 1.32 bits per heavy atom. The van der Waals surface area contributed by atoms with Gasteiger partial charge in [0.25, 0.3) is 5.91 Å². The van der Waals surface area contributed by atoms with Crippen LogP contribution in [0, 0.1) is 6.92 Å². The number of benzene rings is 1. The second-order valence-electron chi connectivity index (χ2n) is 6.65. The number of carbonyl (C=O) groups is 2. The minimum Gasteiger partial charge on any atom is -0.351 e. The molecule has 1 fully saturated rings. The van der Waals surface area contributed by atoms with E-state index < -0.39 is 0 Å². The van der Waals surface area contributed by atoms with Crippen molar-refractivity contribution in [3.63, 3.8) is 0 Å². The summed E-state index contributed by atoms with van der Waals surface area (Å²) in [6, 6.07) is 10.3. The molecule has 0 radical (unpaired) electrons. The van der Waals surface area contributed by atoms with Crippen molar-refractivity contribution in [1.29, 1.82) is 0 Å². The summed E-state index contributed by atoms with van der Waals surface area (Å²) in [5.41, 5.74) is 3.39. The molecule has 25 heavy (non-hydrogen) atoms. The van der Waals surface area contributed by atoms with Gasteiger partial charge in [-0.2, -0.15) is 0 Å². The molecule has 1 aliphatic rings. The molecule has 2 aromatic rings. The molecule has 0 unspecified atom stereocenters. The van der Waals surface area contributed by atoms with Gasteiger partial charge in [-0.05, 0) is 49.9 Å². The number of nitrogens with one attached hydrogen (secondary N) is 1. The first-order chi connectivity index (χ1) is 12.0. The number of thiophene rings is 1. The normalized spacial score (nSPS) is 17.6. The highest BCUT2D eigenvalue weighted by Gasteiger charge is 2.24. The van der Waals surface area contributed by atoms with Gasteiger partial charge in [0.05, 0.1) is 10.4 Å². The molecule has 1 aliphatic heterocycles. The van der Waals surface area contributed by atoms with Crippen molar-refractivity contribution in [3.05, 3.63) is 57.3 Å². The number of hydrogen-bond acceptors (Lipinski definition) is 4. The molecule has 4 nitrogen and oxygen atoms in total. The van der Waals surface area contributed by atoms with E-state index in [4.69, 9.17) is 0 Å². The zero-order valence-electron chi connectivity index (χ0n) is 14.7. The molecule has 5 heteroatoms. The highest BCUT2D eigenvalue weighted by molar-refractivity contribution is 7.12. The van der Waals surface area contributed by atoms with Crippen LogP contribution in [-0.2, 0) is 0 Å². The largest absolute Gasteiger partial charge is 0.351 e.